The number of hydrogen-bond donors (Lipinski definition) is 1. The standard InChI is InChI=1S/C16H30N/c1-5-6-7-8-9-10-11-12-13-14-15-16(2,3)17-4/h17H,6-15H2,2-4H3. The number of nitrogens with one attached hydrogen (secondary N) is 1. The topological polar surface area (TPSA) is 12.0 Å². The van der Waals surface area contributed by atoms with E-state index in [0.29, 0.717) is 5.54 Å². The van der Waals surface area contributed by atoms with Crippen LogP contribution in [0.5, 0.6) is 0 Å². The molecule has 1 radical (unpaired) electrons. The molecule has 0 fully saturated rings. The predicted octanol–water partition coefficient (Wildman–Crippen LogP) is 4.48. The summed E-state index contributed by atoms with van der Waals surface area (Å²) in [5, 5.41) is 3.35. The predicted molar refractivity (Wildman–Crippen MR) is 76.4 cm³/mol. The molecule has 1 N–H and O–H groups in total. The summed E-state index contributed by atoms with van der Waals surface area (Å²) in [6, 6.07) is 0. The minimum Gasteiger partial charge on any atom is -0.315 e. The van der Waals surface area contributed by atoms with Crippen molar-refractivity contribution in [1.82, 2.24) is 5.32 Å². The maximum atomic E-state index is 6.81. The molecule has 0 saturated heterocycles. The zero-order chi connectivity index (χ0) is 13.0. The van der Waals surface area contributed by atoms with E-state index in [2.05, 4.69) is 25.1 Å². The van der Waals surface area contributed by atoms with Crippen LogP contribution in [0, 0.1) is 12.3 Å². The van der Waals surface area contributed by atoms with Crippen LogP contribution in [0.3, 0.4) is 0 Å². The van der Waals surface area contributed by atoms with Gasteiger partial charge in [0, 0.05) is 12.0 Å². The van der Waals surface area contributed by atoms with E-state index in [1.165, 1.54) is 51.4 Å². The third kappa shape index (κ3) is 11.8. The molecule has 0 rings (SSSR count). The van der Waals surface area contributed by atoms with E-state index in [9.17, 15) is 0 Å². The van der Waals surface area contributed by atoms with E-state index in [0.717, 1.165) is 12.8 Å². The van der Waals surface area contributed by atoms with Crippen molar-refractivity contribution in [3.8, 4) is 5.92 Å². The highest BCUT2D eigenvalue weighted by Crippen LogP contribution is 2.15. The molecule has 0 aromatic carbocycles. The first-order valence-corrected chi connectivity index (χ1v) is 7.21. The normalized spacial score (nSPS) is 11.4. The monoisotopic (exact) mass is 236 g/mol. The first-order chi connectivity index (χ1) is 8.12. The quantitative estimate of drug-likeness (QED) is 0.412. The fraction of sp³-hybridized carbons (Fsp3) is 0.875. The molecule has 0 unspecified atom stereocenters. The Morgan fingerprint density at radius 2 is 1.35 bits per heavy atom. The van der Waals surface area contributed by atoms with Gasteiger partial charge in [-0.25, -0.2) is 0 Å². The second-order valence-corrected chi connectivity index (χ2v) is 5.64. The summed E-state index contributed by atoms with van der Waals surface area (Å²) in [6.07, 6.45) is 19.6. The van der Waals surface area contributed by atoms with Crippen LogP contribution >= 0.6 is 0 Å². The van der Waals surface area contributed by atoms with E-state index in [-0.39, 0.29) is 0 Å². The minimum atomic E-state index is 0.309. The largest absolute Gasteiger partial charge is 0.315 e. The van der Waals surface area contributed by atoms with E-state index < -0.39 is 0 Å². The molecule has 0 aromatic heterocycles. The van der Waals surface area contributed by atoms with Gasteiger partial charge in [0.2, 0.25) is 0 Å². The van der Waals surface area contributed by atoms with Crippen LogP contribution in [0.25, 0.3) is 0 Å². The highest BCUT2D eigenvalue weighted by Gasteiger charge is 2.12. The molecule has 0 aliphatic carbocycles. The second-order valence-electron chi connectivity index (χ2n) is 5.64. The average Bonchev–Trinajstić information content (AvgIpc) is 2.31. The van der Waals surface area contributed by atoms with E-state index in [4.69, 9.17) is 6.42 Å². The smallest absolute Gasteiger partial charge is 0.0122 e. The molecule has 0 aromatic rings. The molecule has 0 atom stereocenters. The van der Waals surface area contributed by atoms with Crippen molar-refractivity contribution < 1.29 is 0 Å². The molecule has 0 spiro atoms. The van der Waals surface area contributed by atoms with Crippen molar-refractivity contribution in [2.45, 2.75) is 83.6 Å². The molecule has 1 nitrogen and oxygen atoms in total. The third-order valence-electron chi connectivity index (χ3n) is 3.53. The summed E-state index contributed by atoms with van der Waals surface area (Å²) in [7, 11) is 2.05. The number of rotatable bonds is 11. The molecule has 0 amide bonds. The Hall–Kier alpha value is -0.480. The summed E-state index contributed by atoms with van der Waals surface area (Å²) >= 11 is 0. The van der Waals surface area contributed by atoms with Crippen molar-refractivity contribution in [2.75, 3.05) is 7.05 Å². The SMILES string of the molecule is [C]#CCCCCCCCCCCC(C)(C)NC. The average molecular weight is 236 g/mol. The molecule has 1 heteroatoms. The van der Waals surface area contributed by atoms with Gasteiger partial charge in [0.25, 0.3) is 0 Å². The molecule has 0 heterocycles. The molecule has 0 aliphatic heterocycles. The summed E-state index contributed by atoms with van der Waals surface area (Å²) in [4.78, 5) is 0. The maximum absolute atomic E-state index is 6.81. The number of unbranched alkanes of at least 4 members (excludes halogenated alkanes) is 8. The van der Waals surface area contributed by atoms with E-state index in [1.54, 1.807) is 0 Å². The fourth-order valence-electron chi connectivity index (χ4n) is 1.97. The fourth-order valence-corrected chi connectivity index (χ4v) is 1.97. The summed E-state index contributed by atoms with van der Waals surface area (Å²) in [6.45, 7) is 4.54. The van der Waals surface area contributed by atoms with Crippen LogP contribution in [-0.4, -0.2) is 12.6 Å². The van der Waals surface area contributed by atoms with Gasteiger partial charge in [-0.05, 0) is 40.2 Å². The zero-order valence-corrected chi connectivity index (χ0v) is 12.1. The molecule has 0 bridgehead atoms. The van der Waals surface area contributed by atoms with Gasteiger partial charge in [0.05, 0.1) is 0 Å². The van der Waals surface area contributed by atoms with Crippen LogP contribution in [0.4, 0.5) is 0 Å². The summed E-state index contributed by atoms with van der Waals surface area (Å²) < 4.78 is 0. The van der Waals surface area contributed by atoms with Crippen LogP contribution in [0.2, 0.25) is 0 Å². The van der Waals surface area contributed by atoms with Gasteiger partial charge in [-0.1, -0.05) is 50.9 Å². The first-order valence-electron chi connectivity index (χ1n) is 7.21. The van der Waals surface area contributed by atoms with Gasteiger partial charge in [-0.15, -0.1) is 0 Å². The van der Waals surface area contributed by atoms with Gasteiger partial charge in [-0.3, -0.25) is 0 Å². The van der Waals surface area contributed by atoms with Gasteiger partial charge in [0.15, 0.2) is 0 Å². The van der Waals surface area contributed by atoms with Crippen LogP contribution in [0.15, 0.2) is 0 Å². The highest BCUT2D eigenvalue weighted by molar-refractivity contribution is 4.75. The van der Waals surface area contributed by atoms with E-state index in [1.807, 2.05) is 7.05 Å². The van der Waals surface area contributed by atoms with Crippen molar-refractivity contribution in [2.24, 2.45) is 0 Å². The Kier molecular flexibility index (Phi) is 10.4. The Bertz CT molecular complexity index is 200. The summed E-state index contributed by atoms with van der Waals surface area (Å²) in [5.74, 6) is 2.45. The lowest BCUT2D eigenvalue weighted by atomic mass is 9.96. The second kappa shape index (κ2) is 10.7. The molecular formula is C16H30N. The Labute approximate surface area is 109 Å². The number of hydrogen-bond acceptors (Lipinski definition) is 1. The zero-order valence-electron chi connectivity index (χ0n) is 12.1. The first kappa shape index (κ1) is 16.5. The lowest BCUT2D eigenvalue weighted by Crippen LogP contribution is -2.35. The molecule has 17 heavy (non-hydrogen) atoms. The van der Waals surface area contributed by atoms with Crippen LogP contribution in [-0.2, 0) is 0 Å². The lowest BCUT2D eigenvalue weighted by Gasteiger charge is -2.23. The highest BCUT2D eigenvalue weighted by atomic mass is 14.9. The van der Waals surface area contributed by atoms with E-state index >= 15 is 0 Å². The maximum Gasteiger partial charge on any atom is 0.0122 e. The van der Waals surface area contributed by atoms with Gasteiger partial charge in [0.1, 0.15) is 0 Å². The third-order valence-corrected chi connectivity index (χ3v) is 3.53. The van der Waals surface area contributed by atoms with Crippen molar-refractivity contribution in [3.63, 3.8) is 0 Å². The molecule has 0 aliphatic rings. The van der Waals surface area contributed by atoms with Crippen molar-refractivity contribution in [3.05, 3.63) is 6.42 Å². The van der Waals surface area contributed by atoms with Crippen LogP contribution in [0.1, 0.15) is 78.1 Å². The lowest BCUT2D eigenvalue weighted by molar-refractivity contribution is 0.373. The molecule has 0 saturated carbocycles. The van der Waals surface area contributed by atoms with Crippen molar-refractivity contribution >= 4 is 0 Å². The summed E-state index contributed by atoms with van der Waals surface area (Å²) in [5.41, 5.74) is 0.309. The molecule has 99 valence electrons. The minimum absolute atomic E-state index is 0.309. The Morgan fingerprint density at radius 3 is 1.82 bits per heavy atom. The molecular weight excluding hydrogens is 206 g/mol. The van der Waals surface area contributed by atoms with Gasteiger partial charge < -0.3 is 5.32 Å². The van der Waals surface area contributed by atoms with Gasteiger partial charge >= 0.3 is 0 Å². The van der Waals surface area contributed by atoms with Crippen LogP contribution < -0.4 is 5.32 Å². The Morgan fingerprint density at radius 1 is 0.882 bits per heavy atom. The Balaban J connectivity index is 3.12. The van der Waals surface area contributed by atoms with Gasteiger partial charge in [-0.2, -0.15) is 0 Å². The van der Waals surface area contributed by atoms with Crippen molar-refractivity contribution in [1.29, 1.82) is 0 Å².